The van der Waals surface area contributed by atoms with E-state index in [0.717, 1.165) is 24.3 Å². The summed E-state index contributed by atoms with van der Waals surface area (Å²) in [6.07, 6.45) is 3.79. The summed E-state index contributed by atoms with van der Waals surface area (Å²) in [6, 6.07) is 18.9. The first-order valence-electron chi connectivity index (χ1n) is 9.23. The third-order valence-electron chi connectivity index (χ3n) is 4.66. The lowest BCUT2D eigenvalue weighted by Crippen LogP contribution is -2.29. The Bertz CT molecular complexity index is 884. The molecular weight excluding hydrogens is 340 g/mol. The lowest BCUT2D eigenvalue weighted by atomic mass is 10.1. The summed E-state index contributed by atoms with van der Waals surface area (Å²) in [5.41, 5.74) is 2.84. The number of hydrogen-bond acceptors (Lipinski definition) is 4. The molecule has 27 heavy (non-hydrogen) atoms. The molecule has 1 aromatic heterocycles. The van der Waals surface area contributed by atoms with Gasteiger partial charge in [0, 0.05) is 36.1 Å². The van der Waals surface area contributed by atoms with Gasteiger partial charge in [-0.2, -0.15) is 0 Å². The summed E-state index contributed by atoms with van der Waals surface area (Å²) in [7, 11) is 0. The van der Waals surface area contributed by atoms with E-state index in [2.05, 4.69) is 20.7 Å². The number of anilines is 3. The van der Waals surface area contributed by atoms with E-state index < -0.39 is 0 Å². The van der Waals surface area contributed by atoms with Gasteiger partial charge in [0.05, 0.1) is 0 Å². The van der Waals surface area contributed by atoms with Gasteiger partial charge >= 0.3 is 6.03 Å². The highest BCUT2D eigenvalue weighted by Gasteiger charge is 2.12. The quantitative estimate of drug-likeness (QED) is 0.687. The molecule has 0 radical (unpaired) electrons. The van der Waals surface area contributed by atoms with E-state index in [-0.39, 0.29) is 6.03 Å². The minimum atomic E-state index is -0.353. The fourth-order valence-corrected chi connectivity index (χ4v) is 3.26. The molecule has 0 unspecified atom stereocenters. The monoisotopic (exact) mass is 362 g/mol. The van der Waals surface area contributed by atoms with Crippen LogP contribution in [0.3, 0.4) is 0 Å². The summed E-state index contributed by atoms with van der Waals surface area (Å²) in [5.74, 6) is 0.980. The van der Waals surface area contributed by atoms with E-state index >= 15 is 0 Å². The number of urea groups is 1. The van der Waals surface area contributed by atoms with Crippen LogP contribution in [0.25, 0.3) is 11.3 Å². The molecule has 1 fully saturated rings. The molecule has 4 rings (SSSR count). The van der Waals surface area contributed by atoms with E-state index in [0.29, 0.717) is 11.6 Å². The molecule has 2 N–H and O–H groups in total. The van der Waals surface area contributed by atoms with Gasteiger partial charge < -0.3 is 14.7 Å². The van der Waals surface area contributed by atoms with Crippen LogP contribution in [-0.4, -0.2) is 24.3 Å². The molecule has 6 nitrogen and oxygen atoms in total. The van der Waals surface area contributed by atoms with Gasteiger partial charge in [0.15, 0.2) is 11.6 Å². The molecule has 6 heteroatoms. The van der Waals surface area contributed by atoms with Crippen LogP contribution in [0.5, 0.6) is 0 Å². The number of nitrogens with zero attached hydrogens (tertiary/aromatic N) is 2. The molecule has 3 aromatic rings. The van der Waals surface area contributed by atoms with Crippen molar-refractivity contribution in [2.24, 2.45) is 0 Å². The maximum Gasteiger partial charge on any atom is 0.324 e. The molecular formula is C21H22N4O2. The second-order valence-electron chi connectivity index (χ2n) is 6.62. The molecule has 138 valence electrons. The van der Waals surface area contributed by atoms with Crippen LogP contribution in [0, 0.1) is 0 Å². The molecule has 0 saturated carbocycles. The molecule has 1 aliphatic heterocycles. The van der Waals surface area contributed by atoms with Crippen LogP contribution in [0.2, 0.25) is 0 Å². The lowest BCUT2D eigenvalue weighted by Gasteiger charge is -2.28. The van der Waals surface area contributed by atoms with Gasteiger partial charge in [0.2, 0.25) is 0 Å². The summed E-state index contributed by atoms with van der Waals surface area (Å²) < 4.78 is 5.29. The maximum atomic E-state index is 12.2. The zero-order valence-corrected chi connectivity index (χ0v) is 15.0. The Labute approximate surface area is 158 Å². The highest BCUT2D eigenvalue weighted by Crippen LogP contribution is 2.23. The number of hydrogen-bond donors (Lipinski definition) is 2. The molecule has 0 aliphatic carbocycles. The summed E-state index contributed by atoms with van der Waals surface area (Å²) in [5, 5.41) is 9.41. The molecule has 0 spiro atoms. The van der Waals surface area contributed by atoms with Gasteiger partial charge in [-0.05, 0) is 43.5 Å². The Balaban J connectivity index is 1.35. The van der Waals surface area contributed by atoms with E-state index in [1.54, 1.807) is 6.07 Å². The largest absolute Gasteiger partial charge is 0.372 e. The van der Waals surface area contributed by atoms with Crippen LogP contribution in [0.4, 0.5) is 22.0 Å². The zero-order chi connectivity index (χ0) is 18.5. The van der Waals surface area contributed by atoms with Gasteiger partial charge in [0.25, 0.3) is 0 Å². The van der Waals surface area contributed by atoms with Crippen LogP contribution in [0.15, 0.2) is 65.2 Å². The standard InChI is InChI=1S/C21H22N4O2/c26-21(23-20-15-19(27-24-20)16-7-3-1-4-8-16)22-17-9-11-18(12-10-17)25-13-5-2-6-14-25/h1,3-4,7-12,15H,2,5-6,13-14H2,(H2,22,23,24,26). The number of benzene rings is 2. The molecule has 2 heterocycles. The maximum absolute atomic E-state index is 12.2. The third kappa shape index (κ3) is 4.28. The van der Waals surface area contributed by atoms with Crippen molar-refractivity contribution < 1.29 is 9.32 Å². The molecule has 2 amide bonds. The number of carbonyl (C=O) groups excluding carboxylic acids is 1. The number of amides is 2. The SMILES string of the molecule is O=C(Nc1ccc(N2CCCCC2)cc1)Nc1cc(-c2ccccc2)on1. The smallest absolute Gasteiger partial charge is 0.324 e. The Morgan fingerprint density at radius 2 is 1.67 bits per heavy atom. The number of rotatable bonds is 4. The van der Waals surface area contributed by atoms with Crippen molar-refractivity contribution in [2.45, 2.75) is 19.3 Å². The van der Waals surface area contributed by atoms with Crippen molar-refractivity contribution in [1.29, 1.82) is 0 Å². The molecule has 1 aliphatic rings. The van der Waals surface area contributed by atoms with Gasteiger partial charge in [0.1, 0.15) is 0 Å². The van der Waals surface area contributed by atoms with Gasteiger partial charge in [-0.25, -0.2) is 4.79 Å². The number of nitrogens with one attached hydrogen (secondary N) is 2. The number of piperidine rings is 1. The van der Waals surface area contributed by atoms with Crippen molar-refractivity contribution in [3.05, 3.63) is 60.7 Å². The Hall–Kier alpha value is -3.28. The van der Waals surface area contributed by atoms with Crippen molar-refractivity contribution in [3.8, 4) is 11.3 Å². The fraction of sp³-hybridized carbons (Fsp3) is 0.238. The average molecular weight is 362 g/mol. The van der Waals surface area contributed by atoms with Crippen LogP contribution >= 0.6 is 0 Å². The van der Waals surface area contributed by atoms with E-state index in [4.69, 9.17) is 4.52 Å². The van der Waals surface area contributed by atoms with Gasteiger partial charge in [-0.15, -0.1) is 0 Å². The first-order chi connectivity index (χ1) is 13.3. The predicted octanol–water partition coefficient (Wildman–Crippen LogP) is 4.98. The summed E-state index contributed by atoms with van der Waals surface area (Å²) in [4.78, 5) is 14.6. The summed E-state index contributed by atoms with van der Waals surface area (Å²) >= 11 is 0. The molecule has 0 atom stereocenters. The van der Waals surface area contributed by atoms with Crippen LogP contribution in [-0.2, 0) is 0 Å². The summed E-state index contributed by atoms with van der Waals surface area (Å²) in [6.45, 7) is 2.20. The lowest BCUT2D eigenvalue weighted by molar-refractivity contribution is 0.262. The van der Waals surface area contributed by atoms with Crippen molar-refractivity contribution >= 4 is 23.2 Å². The van der Waals surface area contributed by atoms with Crippen molar-refractivity contribution in [1.82, 2.24) is 5.16 Å². The topological polar surface area (TPSA) is 70.4 Å². The van der Waals surface area contributed by atoms with Gasteiger partial charge in [-0.3, -0.25) is 5.32 Å². The Morgan fingerprint density at radius 1 is 0.926 bits per heavy atom. The minimum Gasteiger partial charge on any atom is -0.372 e. The first-order valence-corrected chi connectivity index (χ1v) is 9.23. The van der Waals surface area contributed by atoms with Crippen molar-refractivity contribution in [3.63, 3.8) is 0 Å². The normalized spacial score (nSPS) is 14.0. The van der Waals surface area contributed by atoms with E-state index in [9.17, 15) is 4.79 Å². The Kier molecular flexibility index (Phi) is 5.05. The van der Waals surface area contributed by atoms with Crippen LogP contribution < -0.4 is 15.5 Å². The highest BCUT2D eigenvalue weighted by molar-refractivity contribution is 5.99. The van der Waals surface area contributed by atoms with E-state index in [1.807, 2.05) is 54.6 Å². The Morgan fingerprint density at radius 3 is 2.41 bits per heavy atom. The van der Waals surface area contributed by atoms with E-state index in [1.165, 1.54) is 24.9 Å². The number of aromatic nitrogens is 1. The second-order valence-corrected chi connectivity index (χ2v) is 6.62. The molecule has 1 saturated heterocycles. The average Bonchev–Trinajstić information content (AvgIpc) is 3.18. The predicted molar refractivity (Wildman–Crippen MR) is 107 cm³/mol. The minimum absolute atomic E-state index is 0.353. The van der Waals surface area contributed by atoms with Crippen LogP contribution in [0.1, 0.15) is 19.3 Å². The highest BCUT2D eigenvalue weighted by atomic mass is 16.5. The zero-order valence-electron chi connectivity index (χ0n) is 15.0. The van der Waals surface area contributed by atoms with Gasteiger partial charge in [-0.1, -0.05) is 35.5 Å². The molecule has 0 bridgehead atoms. The molecule has 2 aromatic carbocycles. The third-order valence-corrected chi connectivity index (χ3v) is 4.66. The fourth-order valence-electron chi connectivity index (χ4n) is 3.26. The first kappa shape index (κ1) is 17.1. The number of carbonyl (C=O) groups is 1. The van der Waals surface area contributed by atoms with Crippen molar-refractivity contribution in [2.75, 3.05) is 28.6 Å². The second kappa shape index (κ2) is 7.95.